The highest BCUT2D eigenvalue weighted by molar-refractivity contribution is 5.69. The van der Waals surface area contributed by atoms with Crippen LogP contribution in [0.2, 0.25) is 0 Å². The van der Waals surface area contributed by atoms with E-state index in [0.717, 1.165) is 18.7 Å². The Morgan fingerprint density at radius 2 is 2.50 bits per heavy atom. The first-order valence-electron chi connectivity index (χ1n) is 4.63. The quantitative estimate of drug-likeness (QED) is 0.552. The molecule has 1 heterocycles. The normalized spacial score (nSPS) is 10.1. The summed E-state index contributed by atoms with van der Waals surface area (Å²) in [6, 6.07) is 3.76. The van der Waals surface area contributed by atoms with Crippen LogP contribution in [0.3, 0.4) is 0 Å². The molecule has 14 heavy (non-hydrogen) atoms. The van der Waals surface area contributed by atoms with Gasteiger partial charge in [0, 0.05) is 6.42 Å². The van der Waals surface area contributed by atoms with Gasteiger partial charge in [-0.1, -0.05) is 0 Å². The summed E-state index contributed by atoms with van der Waals surface area (Å²) in [6.07, 6.45) is 2.89. The number of nitrogens with one attached hydrogen (secondary N) is 1. The third-order valence-corrected chi connectivity index (χ3v) is 1.84. The van der Waals surface area contributed by atoms with Gasteiger partial charge in [0.05, 0.1) is 19.9 Å². The molecule has 0 atom stereocenters. The van der Waals surface area contributed by atoms with Crippen LogP contribution in [0.15, 0.2) is 22.8 Å². The smallest absolute Gasteiger partial charge is 0.305 e. The molecule has 0 spiro atoms. The molecule has 0 saturated carbocycles. The van der Waals surface area contributed by atoms with Gasteiger partial charge in [-0.15, -0.1) is 0 Å². The second-order valence-electron chi connectivity index (χ2n) is 2.94. The molecule has 0 bridgehead atoms. The lowest BCUT2D eigenvalue weighted by Gasteiger charge is -2.01. The molecule has 0 fully saturated rings. The average molecular weight is 197 g/mol. The third-order valence-electron chi connectivity index (χ3n) is 1.84. The topological polar surface area (TPSA) is 51.5 Å². The van der Waals surface area contributed by atoms with Gasteiger partial charge < -0.3 is 14.5 Å². The van der Waals surface area contributed by atoms with Crippen LogP contribution in [-0.4, -0.2) is 19.6 Å². The molecule has 1 N–H and O–H groups in total. The average Bonchev–Trinajstić information content (AvgIpc) is 2.69. The van der Waals surface area contributed by atoms with E-state index in [0.29, 0.717) is 13.0 Å². The van der Waals surface area contributed by atoms with Crippen LogP contribution < -0.4 is 5.32 Å². The van der Waals surface area contributed by atoms with Crippen molar-refractivity contribution in [3.63, 3.8) is 0 Å². The van der Waals surface area contributed by atoms with Gasteiger partial charge in [0.2, 0.25) is 0 Å². The molecule has 0 aliphatic rings. The Labute approximate surface area is 83.2 Å². The second-order valence-corrected chi connectivity index (χ2v) is 2.94. The summed E-state index contributed by atoms with van der Waals surface area (Å²) >= 11 is 0. The molecule has 0 aliphatic carbocycles. The van der Waals surface area contributed by atoms with Crippen molar-refractivity contribution in [2.45, 2.75) is 19.4 Å². The van der Waals surface area contributed by atoms with Crippen molar-refractivity contribution in [3.8, 4) is 0 Å². The molecular weight excluding hydrogens is 182 g/mol. The van der Waals surface area contributed by atoms with Gasteiger partial charge in [-0.2, -0.15) is 0 Å². The lowest BCUT2D eigenvalue weighted by atomic mass is 10.3. The minimum absolute atomic E-state index is 0.162. The van der Waals surface area contributed by atoms with E-state index in [1.807, 2.05) is 12.1 Å². The van der Waals surface area contributed by atoms with E-state index in [1.54, 1.807) is 6.26 Å². The summed E-state index contributed by atoms with van der Waals surface area (Å²) in [5.74, 6) is 0.743. The number of hydrogen-bond acceptors (Lipinski definition) is 4. The molecule has 78 valence electrons. The first-order valence-corrected chi connectivity index (χ1v) is 4.63. The minimum atomic E-state index is -0.162. The highest BCUT2D eigenvalue weighted by Gasteiger charge is 1.99. The van der Waals surface area contributed by atoms with Gasteiger partial charge in [0.15, 0.2) is 0 Å². The summed E-state index contributed by atoms with van der Waals surface area (Å²) in [7, 11) is 1.40. The Bertz CT molecular complexity index is 256. The van der Waals surface area contributed by atoms with Gasteiger partial charge in [-0.25, -0.2) is 0 Å². The Morgan fingerprint density at radius 1 is 1.64 bits per heavy atom. The molecule has 1 rings (SSSR count). The Hall–Kier alpha value is -1.29. The molecule has 0 unspecified atom stereocenters. The summed E-state index contributed by atoms with van der Waals surface area (Å²) in [5, 5.41) is 3.17. The number of ether oxygens (including phenoxy) is 1. The van der Waals surface area contributed by atoms with E-state index >= 15 is 0 Å². The predicted molar refractivity (Wildman–Crippen MR) is 51.7 cm³/mol. The van der Waals surface area contributed by atoms with Gasteiger partial charge in [0.25, 0.3) is 0 Å². The maximum absolute atomic E-state index is 10.7. The maximum Gasteiger partial charge on any atom is 0.305 e. The highest BCUT2D eigenvalue weighted by Crippen LogP contribution is 1.98. The zero-order chi connectivity index (χ0) is 10.2. The van der Waals surface area contributed by atoms with Crippen molar-refractivity contribution in [2.24, 2.45) is 0 Å². The van der Waals surface area contributed by atoms with Crippen molar-refractivity contribution >= 4 is 5.97 Å². The van der Waals surface area contributed by atoms with Crippen LogP contribution in [0.4, 0.5) is 0 Å². The lowest BCUT2D eigenvalue weighted by Crippen LogP contribution is -2.15. The Balaban J connectivity index is 1.97. The first kappa shape index (κ1) is 10.8. The third kappa shape index (κ3) is 4.09. The van der Waals surface area contributed by atoms with E-state index in [1.165, 1.54) is 7.11 Å². The van der Waals surface area contributed by atoms with Gasteiger partial charge in [-0.3, -0.25) is 4.79 Å². The molecule has 0 amide bonds. The molecule has 4 heteroatoms. The fourth-order valence-electron chi connectivity index (χ4n) is 1.08. The highest BCUT2D eigenvalue weighted by atomic mass is 16.5. The van der Waals surface area contributed by atoms with Gasteiger partial charge >= 0.3 is 5.97 Å². The molecule has 0 aliphatic heterocycles. The fraction of sp³-hybridized carbons (Fsp3) is 0.500. The van der Waals surface area contributed by atoms with Crippen molar-refractivity contribution in [2.75, 3.05) is 13.7 Å². The number of rotatable bonds is 6. The number of furan rings is 1. The van der Waals surface area contributed by atoms with Crippen LogP contribution in [0, 0.1) is 0 Å². The lowest BCUT2D eigenvalue weighted by molar-refractivity contribution is -0.140. The van der Waals surface area contributed by atoms with E-state index in [-0.39, 0.29) is 5.97 Å². The monoisotopic (exact) mass is 197 g/mol. The second kappa shape index (κ2) is 6.21. The van der Waals surface area contributed by atoms with Crippen LogP contribution in [0.25, 0.3) is 0 Å². The zero-order valence-electron chi connectivity index (χ0n) is 8.29. The van der Waals surface area contributed by atoms with Crippen LogP contribution >= 0.6 is 0 Å². The van der Waals surface area contributed by atoms with Crippen molar-refractivity contribution in [1.82, 2.24) is 5.32 Å². The number of hydrogen-bond donors (Lipinski definition) is 1. The molecule has 0 radical (unpaired) electrons. The Morgan fingerprint density at radius 3 is 3.14 bits per heavy atom. The number of methoxy groups -OCH3 is 1. The molecule has 1 aromatic rings. The van der Waals surface area contributed by atoms with E-state index in [4.69, 9.17) is 4.42 Å². The first-order chi connectivity index (χ1) is 6.83. The van der Waals surface area contributed by atoms with Crippen LogP contribution in [-0.2, 0) is 16.1 Å². The molecular formula is C10H15NO3. The van der Waals surface area contributed by atoms with E-state index in [9.17, 15) is 4.79 Å². The molecule has 1 aromatic heterocycles. The molecule has 0 aromatic carbocycles. The van der Waals surface area contributed by atoms with Gasteiger partial charge in [0.1, 0.15) is 5.76 Å². The Kier molecular flexibility index (Phi) is 4.78. The SMILES string of the molecule is COC(=O)CCCNCc1ccco1. The largest absolute Gasteiger partial charge is 0.469 e. The summed E-state index contributed by atoms with van der Waals surface area (Å²) in [6.45, 7) is 1.49. The van der Waals surface area contributed by atoms with Crippen molar-refractivity contribution in [1.29, 1.82) is 0 Å². The van der Waals surface area contributed by atoms with Gasteiger partial charge in [-0.05, 0) is 25.1 Å². The molecule has 4 nitrogen and oxygen atoms in total. The summed E-state index contributed by atoms with van der Waals surface area (Å²) in [5.41, 5.74) is 0. The van der Waals surface area contributed by atoms with Crippen molar-refractivity contribution in [3.05, 3.63) is 24.2 Å². The van der Waals surface area contributed by atoms with E-state index in [2.05, 4.69) is 10.1 Å². The summed E-state index contributed by atoms with van der Waals surface area (Å²) < 4.78 is 9.65. The number of esters is 1. The minimum Gasteiger partial charge on any atom is -0.469 e. The van der Waals surface area contributed by atoms with Crippen molar-refractivity contribution < 1.29 is 13.9 Å². The zero-order valence-corrected chi connectivity index (χ0v) is 8.29. The summed E-state index contributed by atoms with van der Waals surface area (Å²) in [4.78, 5) is 10.7. The van der Waals surface area contributed by atoms with Crippen LogP contribution in [0.1, 0.15) is 18.6 Å². The predicted octanol–water partition coefficient (Wildman–Crippen LogP) is 1.32. The van der Waals surface area contributed by atoms with Crippen LogP contribution in [0.5, 0.6) is 0 Å². The maximum atomic E-state index is 10.7. The van der Waals surface area contributed by atoms with E-state index < -0.39 is 0 Å². The fourth-order valence-corrected chi connectivity index (χ4v) is 1.08. The number of carbonyl (C=O) groups excluding carboxylic acids is 1. The molecule has 0 saturated heterocycles. The number of carbonyl (C=O) groups is 1. The standard InChI is InChI=1S/C10H15NO3/c1-13-10(12)5-2-6-11-8-9-4-3-7-14-9/h3-4,7,11H,2,5-6,8H2,1H3.